The third kappa shape index (κ3) is 6.91. The Hall–Kier alpha value is -0.680. The molecule has 0 radical (unpaired) electrons. The number of rotatable bonds is 9. The summed E-state index contributed by atoms with van der Waals surface area (Å²) in [6.45, 7) is 8.75. The summed E-state index contributed by atoms with van der Waals surface area (Å²) in [5.74, 6) is -0.690. The number of carbonyl (C=O) groups is 1. The lowest BCUT2D eigenvalue weighted by atomic mass is 10.3. The van der Waals surface area contributed by atoms with Gasteiger partial charge in [-0.15, -0.1) is 0 Å². The Morgan fingerprint density at radius 1 is 1.33 bits per heavy atom. The Bertz CT molecular complexity index is 317. The highest BCUT2D eigenvalue weighted by Crippen LogP contribution is 2.48. The van der Waals surface area contributed by atoms with Crippen molar-refractivity contribution in [1.82, 2.24) is 0 Å². The van der Waals surface area contributed by atoms with Crippen LogP contribution < -0.4 is 0 Å². The van der Waals surface area contributed by atoms with E-state index in [0.29, 0.717) is 0 Å². The van der Waals surface area contributed by atoms with Crippen molar-refractivity contribution in [3.63, 3.8) is 0 Å². The van der Waals surface area contributed by atoms with Crippen LogP contribution in [0.15, 0.2) is 12.2 Å². The average molecular weight is 280 g/mol. The molecule has 106 valence electrons. The van der Waals surface area contributed by atoms with E-state index in [1.807, 2.05) is 0 Å². The van der Waals surface area contributed by atoms with Crippen LogP contribution in [-0.2, 0) is 23.1 Å². The summed E-state index contributed by atoms with van der Waals surface area (Å²) in [5, 5.41) is 9.45. The van der Waals surface area contributed by atoms with Gasteiger partial charge in [-0.05, 0) is 20.8 Å². The molecule has 0 aliphatic heterocycles. The minimum atomic E-state index is -3.21. The zero-order chi connectivity index (χ0) is 14.2. The molecule has 1 unspecified atom stereocenters. The lowest BCUT2D eigenvalue weighted by Gasteiger charge is -2.18. The lowest BCUT2D eigenvalue weighted by Crippen LogP contribution is -2.19. The van der Waals surface area contributed by atoms with E-state index >= 15 is 0 Å². The maximum atomic E-state index is 12.0. The molecule has 0 heterocycles. The van der Waals surface area contributed by atoms with Gasteiger partial charge in [0.2, 0.25) is 6.29 Å². The fourth-order valence-corrected chi connectivity index (χ4v) is 2.77. The Morgan fingerprint density at radius 2 is 1.83 bits per heavy atom. The van der Waals surface area contributed by atoms with Gasteiger partial charge in [-0.2, -0.15) is 0 Å². The Morgan fingerprint density at radius 3 is 2.22 bits per heavy atom. The predicted molar refractivity (Wildman–Crippen MR) is 67.3 cm³/mol. The summed E-state index contributed by atoms with van der Waals surface area (Å²) in [5.41, 5.74) is 0.187. The van der Waals surface area contributed by atoms with Crippen molar-refractivity contribution in [3.8, 4) is 0 Å². The smallest absolute Gasteiger partial charge is 0.335 e. The van der Waals surface area contributed by atoms with Crippen LogP contribution in [0.2, 0.25) is 0 Å². The van der Waals surface area contributed by atoms with Crippen molar-refractivity contribution in [2.75, 3.05) is 19.4 Å². The first kappa shape index (κ1) is 17.3. The highest BCUT2D eigenvalue weighted by molar-refractivity contribution is 7.53. The first-order valence-electron chi connectivity index (χ1n) is 5.77. The molecule has 0 saturated heterocycles. The number of aliphatic hydroxyl groups excluding tert-OH is 1. The molecule has 1 N–H and O–H groups in total. The lowest BCUT2D eigenvalue weighted by molar-refractivity contribution is -0.163. The molecule has 18 heavy (non-hydrogen) atoms. The second-order valence-corrected chi connectivity index (χ2v) is 5.78. The minimum Gasteiger partial charge on any atom is -0.433 e. The van der Waals surface area contributed by atoms with Crippen LogP contribution in [0.4, 0.5) is 0 Å². The van der Waals surface area contributed by atoms with Gasteiger partial charge in [0, 0.05) is 12.0 Å². The van der Waals surface area contributed by atoms with E-state index in [-0.39, 0.29) is 31.4 Å². The summed E-state index contributed by atoms with van der Waals surface area (Å²) < 4.78 is 26.7. The molecule has 0 aliphatic rings. The number of esters is 1. The van der Waals surface area contributed by atoms with Crippen molar-refractivity contribution >= 4 is 13.6 Å². The van der Waals surface area contributed by atoms with Crippen molar-refractivity contribution in [2.45, 2.75) is 33.5 Å². The first-order chi connectivity index (χ1) is 8.34. The Balaban J connectivity index is 4.23. The molecule has 0 bridgehead atoms. The maximum Gasteiger partial charge on any atom is 0.335 e. The predicted octanol–water partition coefficient (Wildman–Crippen LogP) is 2.08. The van der Waals surface area contributed by atoms with Gasteiger partial charge in [0.25, 0.3) is 0 Å². The molecule has 0 amide bonds. The van der Waals surface area contributed by atoms with Crippen LogP contribution in [0.5, 0.6) is 0 Å². The molecular weight excluding hydrogens is 259 g/mol. The second kappa shape index (κ2) is 8.43. The van der Waals surface area contributed by atoms with Crippen molar-refractivity contribution in [3.05, 3.63) is 12.2 Å². The minimum absolute atomic E-state index is 0.0146. The molecule has 0 fully saturated rings. The fraction of sp³-hybridized carbons (Fsp3) is 0.727. The number of carbonyl (C=O) groups excluding carboxylic acids is 1. The third-order valence-corrected chi connectivity index (χ3v) is 4.00. The van der Waals surface area contributed by atoms with Gasteiger partial charge in [-0.25, -0.2) is 4.79 Å². The highest BCUT2D eigenvalue weighted by atomic mass is 31.2. The van der Waals surface area contributed by atoms with E-state index in [1.54, 1.807) is 13.8 Å². The van der Waals surface area contributed by atoms with Gasteiger partial charge in [0.15, 0.2) is 0 Å². The Labute approximate surface area is 107 Å². The summed E-state index contributed by atoms with van der Waals surface area (Å²) in [4.78, 5) is 11.1. The summed E-state index contributed by atoms with van der Waals surface area (Å²) in [6.07, 6.45) is -1.38. The highest BCUT2D eigenvalue weighted by Gasteiger charge is 2.25. The SMILES string of the molecule is C=C(C)C(=O)OC(O)CCP(=O)(OCC)OCC. The number of hydrogen-bond acceptors (Lipinski definition) is 6. The van der Waals surface area contributed by atoms with E-state index in [9.17, 15) is 14.5 Å². The molecule has 0 aromatic carbocycles. The first-order valence-corrected chi connectivity index (χ1v) is 7.50. The molecule has 0 aromatic heterocycles. The second-order valence-electron chi connectivity index (χ2n) is 3.60. The molecule has 1 atom stereocenters. The maximum absolute atomic E-state index is 12.0. The molecule has 0 spiro atoms. The van der Waals surface area contributed by atoms with E-state index < -0.39 is 19.9 Å². The van der Waals surface area contributed by atoms with Gasteiger partial charge >= 0.3 is 13.6 Å². The van der Waals surface area contributed by atoms with E-state index in [4.69, 9.17) is 9.05 Å². The number of aliphatic hydroxyl groups is 1. The summed E-state index contributed by atoms with van der Waals surface area (Å²) in [7, 11) is -3.21. The molecule has 0 saturated carbocycles. The van der Waals surface area contributed by atoms with E-state index in [2.05, 4.69) is 11.3 Å². The summed E-state index contributed by atoms with van der Waals surface area (Å²) in [6, 6.07) is 0. The fourth-order valence-electron chi connectivity index (χ4n) is 1.11. The van der Waals surface area contributed by atoms with Crippen LogP contribution in [0, 0.1) is 0 Å². The normalized spacial score (nSPS) is 13.1. The molecule has 0 aliphatic carbocycles. The third-order valence-electron chi connectivity index (χ3n) is 1.89. The number of ether oxygens (including phenoxy) is 1. The van der Waals surface area contributed by atoms with Crippen LogP contribution in [0.1, 0.15) is 27.2 Å². The van der Waals surface area contributed by atoms with Crippen molar-refractivity contribution in [2.24, 2.45) is 0 Å². The zero-order valence-corrected chi connectivity index (χ0v) is 11.9. The van der Waals surface area contributed by atoms with Gasteiger partial charge < -0.3 is 18.9 Å². The largest absolute Gasteiger partial charge is 0.433 e. The van der Waals surface area contributed by atoms with E-state index in [1.165, 1.54) is 6.92 Å². The van der Waals surface area contributed by atoms with Crippen LogP contribution in [-0.4, -0.2) is 36.7 Å². The molecular formula is C11H21O6P. The topological polar surface area (TPSA) is 82.1 Å². The molecule has 0 rings (SSSR count). The van der Waals surface area contributed by atoms with Crippen LogP contribution in [0.3, 0.4) is 0 Å². The standard InChI is InChI=1S/C11H21O6P/c1-5-15-18(14,16-6-2)8-7-10(12)17-11(13)9(3)4/h10,12H,3,5-8H2,1-2,4H3. The Kier molecular flexibility index (Phi) is 8.11. The van der Waals surface area contributed by atoms with Gasteiger partial charge in [-0.3, -0.25) is 4.57 Å². The van der Waals surface area contributed by atoms with Crippen molar-refractivity contribution < 1.29 is 28.3 Å². The molecule has 6 nitrogen and oxygen atoms in total. The quantitative estimate of drug-likeness (QED) is 0.301. The average Bonchev–Trinajstić information content (AvgIpc) is 2.27. The van der Waals surface area contributed by atoms with Gasteiger partial charge in [0.05, 0.1) is 19.4 Å². The summed E-state index contributed by atoms with van der Waals surface area (Å²) >= 11 is 0. The van der Waals surface area contributed by atoms with E-state index in [0.717, 1.165) is 0 Å². The van der Waals surface area contributed by atoms with Crippen LogP contribution >= 0.6 is 7.60 Å². The number of hydrogen-bond donors (Lipinski definition) is 1. The zero-order valence-electron chi connectivity index (χ0n) is 11.0. The monoisotopic (exact) mass is 280 g/mol. The van der Waals surface area contributed by atoms with Gasteiger partial charge in [-0.1, -0.05) is 6.58 Å². The van der Waals surface area contributed by atoms with Gasteiger partial charge in [0.1, 0.15) is 0 Å². The van der Waals surface area contributed by atoms with Crippen LogP contribution in [0.25, 0.3) is 0 Å². The van der Waals surface area contributed by atoms with Crippen molar-refractivity contribution in [1.29, 1.82) is 0 Å². The molecule has 0 aromatic rings. The molecule has 7 heteroatoms.